The van der Waals surface area contributed by atoms with Gasteiger partial charge in [-0.1, -0.05) is 38.5 Å². The molecule has 0 aliphatic heterocycles. The van der Waals surface area contributed by atoms with Crippen molar-refractivity contribution in [3.8, 4) is 0 Å². The molecule has 15 heavy (non-hydrogen) atoms. The van der Waals surface area contributed by atoms with Crippen LogP contribution in [0.15, 0.2) is 0 Å². The predicted octanol–water partition coefficient (Wildman–Crippen LogP) is 4.59. The minimum absolute atomic E-state index is 0.473. The molecule has 0 bridgehead atoms. The average molecular weight is 244 g/mol. The molecule has 2 fully saturated rings. The van der Waals surface area contributed by atoms with E-state index in [4.69, 9.17) is 0 Å². The molecule has 0 amide bonds. The highest BCUT2D eigenvalue weighted by Crippen LogP contribution is 2.52. The second kappa shape index (κ2) is 5.46. The summed E-state index contributed by atoms with van der Waals surface area (Å²) in [7, 11) is 6.43. The first-order chi connectivity index (χ1) is 7.21. The van der Waals surface area contributed by atoms with Crippen LogP contribution in [0.25, 0.3) is 0 Å². The Morgan fingerprint density at radius 3 is 1.27 bits per heavy atom. The van der Waals surface area contributed by atoms with Crippen LogP contribution in [0.3, 0.4) is 0 Å². The molecule has 0 aromatic heterocycles. The SMILES string of the molecule is PC(P)(C1CCCCC1)C1CCCCC1. The fourth-order valence-electron chi connectivity index (χ4n) is 3.54. The topological polar surface area (TPSA) is 0 Å². The molecule has 0 aromatic carbocycles. The van der Waals surface area contributed by atoms with Gasteiger partial charge in [0.2, 0.25) is 0 Å². The van der Waals surface area contributed by atoms with Crippen molar-refractivity contribution in [3.63, 3.8) is 0 Å². The highest BCUT2D eigenvalue weighted by Gasteiger charge is 2.38. The van der Waals surface area contributed by atoms with Crippen molar-refractivity contribution >= 4 is 18.5 Å². The monoisotopic (exact) mass is 244 g/mol. The third-order valence-electron chi connectivity index (χ3n) is 4.62. The molecule has 0 nitrogen and oxygen atoms in total. The normalized spacial score (nSPS) is 26.8. The van der Waals surface area contributed by atoms with E-state index < -0.39 is 0 Å². The van der Waals surface area contributed by atoms with Gasteiger partial charge in [-0.2, -0.15) is 0 Å². The van der Waals surface area contributed by atoms with E-state index in [1.54, 1.807) is 0 Å². The Hall–Kier alpha value is 0.860. The zero-order valence-electron chi connectivity index (χ0n) is 9.88. The highest BCUT2D eigenvalue weighted by molar-refractivity contribution is 7.40. The zero-order chi connectivity index (χ0) is 10.7. The third kappa shape index (κ3) is 2.95. The highest BCUT2D eigenvalue weighted by atomic mass is 31.1. The molecular formula is C13H26P2. The van der Waals surface area contributed by atoms with Gasteiger partial charge in [-0.15, -0.1) is 18.5 Å². The molecule has 0 saturated heterocycles. The van der Waals surface area contributed by atoms with E-state index >= 15 is 0 Å². The molecule has 2 heteroatoms. The molecule has 2 atom stereocenters. The molecule has 0 heterocycles. The van der Waals surface area contributed by atoms with E-state index in [9.17, 15) is 0 Å². The lowest BCUT2D eigenvalue weighted by Crippen LogP contribution is -2.35. The molecule has 2 unspecified atom stereocenters. The summed E-state index contributed by atoms with van der Waals surface area (Å²) in [5.41, 5.74) is 0. The van der Waals surface area contributed by atoms with E-state index in [-0.39, 0.29) is 0 Å². The Kier molecular flexibility index (Phi) is 4.49. The fourth-order valence-corrected chi connectivity index (χ4v) is 4.87. The summed E-state index contributed by atoms with van der Waals surface area (Å²) in [6.45, 7) is 0. The zero-order valence-corrected chi connectivity index (χ0v) is 12.2. The van der Waals surface area contributed by atoms with Crippen molar-refractivity contribution in [3.05, 3.63) is 0 Å². The maximum absolute atomic E-state index is 3.21. The number of rotatable bonds is 2. The molecule has 2 aliphatic rings. The average Bonchev–Trinajstić information content (AvgIpc) is 2.31. The van der Waals surface area contributed by atoms with Gasteiger partial charge in [0, 0.05) is 4.90 Å². The van der Waals surface area contributed by atoms with Gasteiger partial charge in [0.15, 0.2) is 0 Å². The van der Waals surface area contributed by atoms with Crippen LogP contribution in [0.1, 0.15) is 64.2 Å². The van der Waals surface area contributed by atoms with E-state index in [0.29, 0.717) is 4.90 Å². The van der Waals surface area contributed by atoms with Crippen LogP contribution in [0, 0.1) is 11.8 Å². The smallest absolute Gasteiger partial charge is 0.00488 e. The van der Waals surface area contributed by atoms with Crippen molar-refractivity contribution in [2.45, 2.75) is 69.1 Å². The van der Waals surface area contributed by atoms with Gasteiger partial charge in [-0.05, 0) is 37.5 Å². The Morgan fingerprint density at radius 1 is 0.600 bits per heavy atom. The van der Waals surface area contributed by atoms with Gasteiger partial charge in [0.1, 0.15) is 0 Å². The van der Waals surface area contributed by atoms with Crippen molar-refractivity contribution in [2.75, 3.05) is 0 Å². The molecule has 0 aromatic rings. The fraction of sp³-hybridized carbons (Fsp3) is 1.00. The summed E-state index contributed by atoms with van der Waals surface area (Å²) in [5, 5.41) is 0. The lowest BCUT2D eigenvalue weighted by atomic mass is 9.76. The quantitative estimate of drug-likeness (QED) is 0.623. The van der Waals surface area contributed by atoms with Gasteiger partial charge < -0.3 is 0 Å². The van der Waals surface area contributed by atoms with Gasteiger partial charge in [-0.25, -0.2) is 0 Å². The second-order valence-electron chi connectivity index (χ2n) is 5.67. The molecule has 0 N–H and O–H groups in total. The van der Waals surface area contributed by atoms with E-state index in [0.717, 1.165) is 11.8 Å². The number of hydrogen-bond acceptors (Lipinski definition) is 0. The van der Waals surface area contributed by atoms with Crippen LogP contribution in [0.5, 0.6) is 0 Å². The van der Waals surface area contributed by atoms with Crippen molar-refractivity contribution in [2.24, 2.45) is 11.8 Å². The predicted molar refractivity (Wildman–Crippen MR) is 75.3 cm³/mol. The van der Waals surface area contributed by atoms with Gasteiger partial charge >= 0.3 is 0 Å². The third-order valence-corrected chi connectivity index (χ3v) is 6.51. The molecule has 2 rings (SSSR count). The standard InChI is InChI=1S/C13H26P2/c14-13(15,11-7-3-1-4-8-11)12-9-5-2-6-10-12/h11-12H,1-10,14-15H2. The van der Waals surface area contributed by atoms with Crippen molar-refractivity contribution in [1.29, 1.82) is 0 Å². The van der Waals surface area contributed by atoms with Crippen LogP contribution in [-0.2, 0) is 0 Å². The van der Waals surface area contributed by atoms with Crippen LogP contribution < -0.4 is 0 Å². The Labute approximate surface area is 99.8 Å². The molecule has 0 spiro atoms. The molecule has 0 radical (unpaired) electrons. The Balaban J connectivity index is 1.96. The van der Waals surface area contributed by atoms with Crippen molar-refractivity contribution in [1.82, 2.24) is 0 Å². The first-order valence-corrected chi connectivity index (χ1v) is 7.94. The van der Waals surface area contributed by atoms with Crippen LogP contribution in [0.2, 0.25) is 0 Å². The summed E-state index contributed by atoms with van der Waals surface area (Å²) < 4.78 is 0. The van der Waals surface area contributed by atoms with Crippen LogP contribution in [-0.4, -0.2) is 4.90 Å². The Bertz CT molecular complexity index is 169. The summed E-state index contributed by atoms with van der Waals surface area (Å²) in [4.78, 5) is 0.473. The molecule has 88 valence electrons. The second-order valence-corrected chi connectivity index (χ2v) is 8.34. The van der Waals surface area contributed by atoms with Gasteiger partial charge in [-0.3, -0.25) is 0 Å². The minimum atomic E-state index is 0.473. The number of hydrogen-bond donors (Lipinski definition) is 0. The maximum Gasteiger partial charge on any atom is 0.00488 e. The Morgan fingerprint density at radius 2 is 0.933 bits per heavy atom. The van der Waals surface area contributed by atoms with Crippen LogP contribution in [0.4, 0.5) is 0 Å². The summed E-state index contributed by atoms with van der Waals surface area (Å²) in [5.74, 6) is 1.92. The molecule has 2 aliphatic carbocycles. The lowest BCUT2D eigenvalue weighted by molar-refractivity contribution is 0.234. The minimum Gasteiger partial charge on any atom is -0.126 e. The first kappa shape index (κ1) is 12.3. The maximum atomic E-state index is 3.21. The van der Waals surface area contributed by atoms with Crippen molar-refractivity contribution < 1.29 is 0 Å². The first-order valence-electron chi connectivity index (χ1n) is 6.79. The summed E-state index contributed by atoms with van der Waals surface area (Å²) in [6, 6.07) is 0. The molecular weight excluding hydrogens is 218 g/mol. The van der Waals surface area contributed by atoms with E-state index in [2.05, 4.69) is 18.5 Å². The lowest BCUT2D eigenvalue weighted by Gasteiger charge is -2.44. The summed E-state index contributed by atoms with van der Waals surface area (Å²) in [6.07, 6.45) is 14.8. The van der Waals surface area contributed by atoms with Gasteiger partial charge in [0.25, 0.3) is 0 Å². The van der Waals surface area contributed by atoms with E-state index in [1.165, 1.54) is 64.2 Å². The van der Waals surface area contributed by atoms with Gasteiger partial charge in [0.05, 0.1) is 0 Å². The summed E-state index contributed by atoms with van der Waals surface area (Å²) >= 11 is 0. The largest absolute Gasteiger partial charge is 0.126 e. The van der Waals surface area contributed by atoms with Crippen LogP contribution >= 0.6 is 18.5 Å². The molecule has 2 saturated carbocycles. The van der Waals surface area contributed by atoms with E-state index in [1.807, 2.05) is 0 Å².